The summed E-state index contributed by atoms with van der Waals surface area (Å²) in [5.74, 6) is 0.152. The number of anilines is 1. The zero-order valence-corrected chi connectivity index (χ0v) is 14.8. The van der Waals surface area contributed by atoms with E-state index < -0.39 is 5.60 Å². The maximum atomic E-state index is 13.9. The van der Waals surface area contributed by atoms with Gasteiger partial charge in [-0.3, -0.25) is 4.79 Å². The summed E-state index contributed by atoms with van der Waals surface area (Å²) in [6, 6.07) is 2.81. The second-order valence-electron chi connectivity index (χ2n) is 7.46. The fraction of sp³-hybridized carbons (Fsp3) is 0.611. The smallest absolute Gasteiger partial charge is 0.310 e. The fourth-order valence-electron chi connectivity index (χ4n) is 2.62. The van der Waals surface area contributed by atoms with Crippen LogP contribution in [-0.4, -0.2) is 31.3 Å². The van der Waals surface area contributed by atoms with Gasteiger partial charge in [0, 0.05) is 18.7 Å². The van der Waals surface area contributed by atoms with Crippen LogP contribution in [0.25, 0.3) is 0 Å². The first-order chi connectivity index (χ1) is 10.6. The van der Waals surface area contributed by atoms with Crippen molar-refractivity contribution in [3.05, 3.63) is 23.5 Å². The molecule has 0 spiro atoms. The molecule has 1 atom stereocenters. The Morgan fingerprint density at radius 2 is 2.09 bits per heavy atom. The molecule has 23 heavy (non-hydrogen) atoms. The van der Waals surface area contributed by atoms with Crippen LogP contribution in [0.4, 0.5) is 10.1 Å². The van der Waals surface area contributed by atoms with Crippen LogP contribution < -0.4 is 9.64 Å². The first-order valence-electron chi connectivity index (χ1n) is 7.99. The third-order valence-electron chi connectivity index (χ3n) is 3.74. The molecule has 1 heterocycles. The number of likely N-dealkylation sites (N-methyl/N-ethyl adjacent to an activating group) is 1. The van der Waals surface area contributed by atoms with Crippen LogP contribution >= 0.6 is 0 Å². The van der Waals surface area contributed by atoms with Crippen LogP contribution in [0.3, 0.4) is 0 Å². The van der Waals surface area contributed by atoms with E-state index in [2.05, 4.69) is 13.8 Å². The van der Waals surface area contributed by atoms with E-state index in [4.69, 9.17) is 9.47 Å². The zero-order valence-electron chi connectivity index (χ0n) is 14.8. The molecule has 0 radical (unpaired) electrons. The standard InChI is InChI=1S/C18H26FNO3/c1-11(2)15-10-20(6)14-9-13(19)7-12(17(14)22-15)8-16(21)23-18(3,4)5/h7,9,11,15H,8,10H2,1-6H3. The zero-order chi connectivity index (χ0) is 17.4. The first-order valence-corrected chi connectivity index (χ1v) is 7.99. The van der Waals surface area contributed by atoms with Crippen molar-refractivity contribution in [1.82, 2.24) is 0 Å². The Labute approximate surface area is 137 Å². The molecule has 1 aromatic carbocycles. The number of fused-ring (bicyclic) bond motifs is 1. The molecule has 0 aliphatic carbocycles. The summed E-state index contributed by atoms with van der Waals surface area (Å²) in [5, 5.41) is 0. The highest BCUT2D eigenvalue weighted by molar-refractivity contribution is 5.76. The highest BCUT2D eigenvalue weighted by atomic mass is 19.1. The van der Waals surface area contributed by atoms with Crippen molar-refractivity contribution in [3.63, 3.8) is 0 Å². The predicted octanol–water partition coefficient (Wildman–Crippen LogP) is 3.56. The Hall–Kier alpha value is -1.78. The van der Waals surface area contributed by atoms with Crippen molar-refractivity contribution in [1.29, 1.82) is 0 Å². The summed E-state index contributed by atoms with van der Waals surface area (Å²) in [5.41, 5.74) is 0.648. The van der Waals surface area contributed by atoms with Gasteiger partial charge in [0.2, 0.25) is 0 Å². The summed E-state index contributed by atoms with van der Waals surface area (Å²) in [4.78, 5) is 14.1. The van der Waals surface area contributed by atoms with Crippen LogP contribution in [-0.2, 0) is 16.0 Å². The quantitative estimate of drug-likeness (QED) is 0.797. The van der Waals surface area contributed by atoms with E-state index in [0.29, 0.717) is 29.5 Å². The second-order valence-corrected chi connectivity index (χ2v) is 7.46. The summed E-state index contributed by atoms with van der Waals surface area (Å²) < 4.78 is 25.3. The number of nitrogens with zero attached hydrogens (tertiary/aromatic N) is 1. The molecule has 2 rings (SSSR count). The minimum Gasteiger partial charge on any atom is -0.486 e. The number of halogens is 1. The average Bonchev–Trinajstić information content (AvgIpc) is 2.37. The number of hydrogen-bond donors (Lipinski definition) is 0. The highest BCUT2D eigenvalue weighted by Crippen LogP contribution is 2.38. The largest absolute Gasteiger partial charge is 0.486 e. The number of carbonyl (C=O) groups is 1. The van der Waals surface area contributed by atoms with Gasteiger partial charge >= 0.3 is 5.97 Å². The third-order valence-corrected chi connectivity index (χ3v) is 3.74. The van der Waals surface area contributed by atoms with Gasteiger partial charge in [-0.1, -0.05) is 13.8 Å². The SMILES string of the molecule is CC(C)C1CN(C)c2cc(F)cc(CC(=O)OC(C)(C)C)c2O1. The number of rotatable bonds is 3. The van der Waals surface area contributed by atoms with Crippen molar-refractivity contribution >= 4 is 11.7 Å². The molecule has 4 nitrogen and oxygen atoms in total. The summed E-state index contributed by atoms with van der Waals surface area (Å²) in [6.45, 7) is 10.3. The van der Waals surface area contributed by atoms with E-state index >= 15 is 0 Å². The van der Waals surface area contributed by atoms with Gasteiger partial charge in [-0.15, -0.1) is 0 Å². The van der Waals surface area contributed by atoms with Gasteiger partial charge < -0.3 is 14.4 Å². The molecule has 1 aliphatic rings. The Kier molecular flexibility index (Phi) is 4.87. The molecule has 128 valence electrons. The Morgan fingerprint density at radius 3 is 2.65 bits per heavy atom. The minimum atomic E-state index is -0.567. The van der Waals surface area contributed by atoms with Crippen molar-refractivity contribution in [2.45, 2.75) is 52.7 Å². The minimum absolute atomic E-state index is 0.00395. The molecule has 0 saturated carbocycles. The molecule has 0 fully saturated rings. The van der Waals surface area contributed by atoms with Crippen LogP contribution in [0, 0.1) is 11.7 Å². The lowest BCUT2D eigenvalue weighted by molar-refractivity contribution is -0.153. The summed E-state index contributed by atoms with van der Waals surface area (Å²) >= 11 is 0. The van der Waals surface area contributed by atoms with Gasteiger partial charge in [0.25, 0.3) is 0 Å². The van der Waals surface area contributed by atoms with Gasteiger partial charge in [-0.25, -0.2) is 4.39 Å². The normalized spacial score (nSPS) is 17.7. The van der Waals surface area contributed by atoms with Gasteiger partial charge in [-0.05, 0) is 32.8 Å². The van der Waals surface area contributed by atoms with E-state index in [9.17, 15) is 9.18 Å². The van der Waals surface area contributed by atoms with Gasteiger partial charge in [0.1, 0.15) is 23.3 Å². The lowest BCUT2D eigenvalue weighted by Crippen LogP contribution is -2.41. The first kappa shape index (κ1) is 17.6. The van der Waals surface area contributed by atoms with Crippen LogP contribution in [0.5, 0.6) is 5.75 Å². The lowest BCUT2D eigenvalue weighted by Gasteiger charge is -2.37. The molecule has 1 aliphatic heterocycles. The van der Waals surface area contributed by atoms with Crippen LogP contribution in [0.15, 0.2) is 12.1 Å². The average molecular weight is 323 g/mol. The number of benzene rings is 1. The maximum absolute atomic E-state index is 13.9. The van der Waals surface area contributed by atoms with Crippen molar-refractivity contribution in [3.8, 4) is 5.75 Å². The van der Waals surface area contributed by atoms with E-state index in [-0.39, 0.29) is 24.3 Å². The predicted molar refractivity (Wildman–Crippen MR) is 88.5 cm³/mol. The molecule has 1 aromatic rings. The number of ether oxygens (including phenoxy) is 2. The Bertz CT molecular complexity index is 593. The third kappa shape index (κ3) is 4.36. The van der Waals surface area contributed by atoms with Gasteiger partial charge in [0.05, 0.1) is 18.7 Å². The molecule has 0 amide bonds. The summed E-state index contributed by atoms with van der Waals surface area (Å²) in [7, 11) is 1.91. The monoisotopic (exact) mass is 323 g/mol. The van der Waals surface area contributed by atoms with Crippen molar-refractivity contribution in [2.75, 3.05) is 18.5 Å². The van der Waals surface area contributed by atoms with Gasteiger partial charge in [-0.2, -0.15) is 0 Å². The Balaban J connectivity index is 2.32. The Morgan fingerprint density at radius 1 is 1.43 bits per heavy atom. The summed E-state index contributed by atoms with van der Waals surface area (Å²) in [6.07, 6.45) is 0.00563. The molecular weight excluding hydrogens is 297 g/mol. The van der Waals surface area contributed by atoms with Crippen molar-refractivity contribution < 1.29 is 18.7 Å². The van der Waals surface area contributed by atoms with E-state index in [1.54, 1.807) is 0 Å². The van der Waals surface area contributed by atoms with E-state index in [0.717, 1.165) is 0 Å². The maximum Gasteiger partial charge on any atom is 0.310 e. The fourth-order valence-corrected chi connectivity index (χ4v) is 2.62. The second kappa shape index (κ2) is 6.38. The topological polar surface area (TPSA) is 38.8 Å². The van der Waals surface area contributed by atoms with Crippen molar-refractivity contribution in [2.24, 2.45) is 5.92 Å². The number of esters is 1. The molecule has 0 aromatic heterocycles. The molecular formula is C18H26FNO3. The van der Waals surface area contributed by atoms with E-state index in [1.807, 2.05) is 32.7 Å². The van der Waals surface area contributed by atoms with Crippen LogP contribution in [0.1, 0.15) is 40.2 Å². The molecule has 5 heteroatoms. The van der Waals surface area contributed by atoms with Crippen LogP contribution in [0.2, 0.25) is 0 Å². The molecule has 0 bridgehead atoms. The molecule has 0 saturated heterocycles. The molecule has 0 N–H and O–H groups in total. The highest BCUT2D eigenvalue weighted by Gasteiger charge is 2.29. The van der Waals surface area contributed by atoms with Gasteiger partial charge in [0.15, 0.2) is 0 Å². The number of hydrogen-bond acceptors (Lipinski definition) is 4. The lowest BCUT2D eigenvalue weighted by atomic mass is 10.0. The molecule has 1 unspecified atom stereocenters. The van der Waals surface area contributed by atoms with E-state index in [1.165, 1.54) is 12.1 Å². The number of carbonyl (C=O) groups excluding carboxylic acids is 1.